The fourth-order valence-electron chi connectivity index (χ4n) is 2.25. The van der Waals surface area contributed by atoms with E-state index in [4.69, 9.17) is 5.84 Å². The number of carbonyl (C=O) groups excluding carboxylic acids is 1. The third kappa shape index (κ3) is 6.03. The van der Waals surface area contributed by atoms with Crippen LogP contribution in [0, 0.1) is 5.41 Å². The number of nitrogens with zero attached hydrogens (tertiary/aromatic N) is 1. The van der Waals surface area contributed by atoms with E-state index in [9.17, 15) is 4.79 Å². The van der Waals surface area contributed by atoms with Gasteiger partial charge in [-0.05, 0) is 50.7 Å². The summed E-state index contributed by atoms with van der Waals surface area (Å²) in [6, 6.07) is 0. The highest BCUT2D eigenvalue weighted by Gasteiger charge is 2.24. The van der Waals surface area contributed by atoms with Crippen LogP contribution in [0.3, 0.4) is 0 Å². The molecule has 100 valence electrons. The lowest BCUT2D eigenvalue weighted by atomic mass is 9.82. The number of unbranched alkanes of at least 4 members (excludes halogenated alkanes) is 2. The number of hydrazine groups is 1. The Morgan fingerprint density at radius 2 is 1.88 bits per heavy atom. The Hall–Kier alpha value is -0.610. The van der Waals surface area contributed by atoms with Gasteiger partial charge in [-0.2, -0.15) is 0 Å². The largest absolute Gasteiger partial charge is 0.303 e. The molecular weight excluding hydrogens is 214 g/mol. The van der Waals surface area contributed by atoms with Gasteiger partial charge in [0, 0.05) is 6.42 Å². The van der Waals surface area contributed by atoms with Crippen molar-refractivity contribution >= 4 is 5.91 Å². The van der Waals surface area contributed by atoms with Crippen molar-refractivity contribution in [2.75, 3.05) is 19.6 Å². The Kier molecular flexibility index (Phi) is 5.92. The number of nitrogens with one attached hydrogen (secondary N) is 1. The second-order valence-electron chi connectivity index (χ2n) is 5.88. The molecule has 0 unspecified atom stereocenters. The Morgan fingerprint density at radius 1 is 1.24 bits per heavy atom. The summed E-state index contributed by atoms with van der Waals surface area (Å²) in [5.41, 5.74) is 2.70. The van der Waals surface area contributed by atoms with Gasteiger partial charge in [-0.25, -0.2) is 5.84 Å². The maximum Gasteiger partial charge on any atom is 0.233 e. The van der Waals surface area contributed by atoms with Gasteiger partial charge in [-0.1, -0.05) is 20.3 Å². The molecule has 0 aromatic rings. The Balaban J connectivity index is 1.99. The molecule has 1 amide bonds. The standard InChI is InChI=1S/C13H27N3O/c1-13(2)7-10-16(11-8-13)9-5-3-4-6-12(17)15-14/h3-11,14H2,1-2H3,(H,15,17). The molecule has 0 atom stereocenters. The summed E-state index contributed by atoms with van der Waals surface area (Å²) >= 11 is 0. The molecule has 0 aliphatic carbocycles. The average Bonchev–Trinajstić information content (AvgIpc) is 2.30. The molecule has 1 aliphatic rings. The Labute approximate surface area is 105 Å². The van der Waals surface area contributed by atoms with Crippen LogP contribution >= 0.6 is 0 Å². The van der Waals surface area contributed by atoms with E-state index >= 15 is 0 Å². The molecule has 0 saturated carbocycles. The first-order valence-electron chi connectivity index (χ1n) is 6.75. The Morgan fingerprint density at radius 3 is 2.47 bits per heavy atom. The molecule has 0 spiro atoms. The highest BCUT2D eigenvalue weighted by Crippen LogP contribution is 2.29. The summed E-state index contributed by atoms with van der Waals surface area (Å²) in [6.07, 6.45) is 6.43. The number of likely N-dealkylation sites (tertiary alicyclic amines) is 1. The van der Waals surface area contributed by atoms with Crippen molar-refractivity contribution in [1.29, 1.82) is 0 Å². The SMILES string of the molecule is CC1(C)CCN(CCCCCC(=O)NN)CC1. The number of amides is 1. The first-order valence-corrected chi connectivity index (χ1v) is 6.75. The zero-order valence-corrected chi connectivity index (χ0v) is 11.3. The fourth-order valence-corrected chi connectivity index (χ4v) is 2.25. The smallest absolute Gasteiger partial charge is 0.233 e. The minimum absolute atomic E-state index is 0.0512. The van der Waals surface area contributed by atoms with Crippen LogP contribution in [0.5, 0.6) is 0 Å². The number of nitrogens with two attached hydrogens (primary N) is 1. The van der Waals surface area contributed by atoms with Gasteiger partial charge < -0.3 is 4.90 Å². The first-order chi connectivity index (χ1) is 8.03. The normalized spacial score (nSPS) is 20.2. The van der Waals surface area contributed by atoms with Gasteiger partial charge in [0.05, 0.1) is 0 Å². The van der Waals surface area contributed by atoms with E-state index in [0.717, 1.165) is 12.8 Å². The zero-order valence-electron chi connectivity index (χ0n) is 11.3. The van der Waals surface area contributed by atoms with Crippen molar-refractivity contribution in [3.05, 3.63) is 0 Å². The van der Waals surface area contributed by atoms with Gasteiger partial charge in [-0.3, -0.25) is 10.2 Å². The van der Waals surface area contributed by atoms with E-state index in [1.54, 1.807) is 0 Å². The second kappa shape index (κ2) is 6.97. The molecule has 0 aromatic carbocycles. The van der Waals surface area contributed by atoms with Crippen molar-refractivity contribution in [1.82, 2.24) is 10.3 Å². The number of hydrogen-bond acceptors (Lipinski definition) is 3. The van der Waals surface area contributed by atoms with Gasteiger partial charge in [0.2, 0.25) is 5.91 Å². The first kappa shape index (κ1) is 14.5. The van der Waals surface area contributed by atoms with Crippen LogP contribution in [0.1, 0.15) is 52.4 Å². The third-order valence-electron chi connectivity index (χ3n) is 3.75. The molecule has 17 heavy (non-hydrogen) atoms. The molecule has 4 heteroatoms. The van der Waals surface area contributed by atoms with E-state index in [1.807, 2.05) is 0 Å². The number of piperidine rings is 1. The van der Waals surface area contributed by atoms with E-state index in [1.165, 1.54) is 38.9 Å². The molecule has 1 saturated heterocycles. The van der Waals surface area contributed by atoms with Gasteiger partial charge in [0.1, 0.15) is 0 Å². The van der Waals surface area contributed by atoms with Crippen molar-refractivity contribution < 1.29 is 4.79 Å². The minimum atomic E-state index is -0.0512. The molecule has 3 N–H and O–H groups in total. The summed E-state index contributed by atoms with van der Waals surface area (Å²) in [4.78, 5) is 13.5. The van der Waals surface area contributed by atoms with Gasteiger partial charge in [-0.15, -0.1) is 0 Å². The average molecular weight is 241 g/mol. The highest BCUT2D eigenvalue weighted by molar-refractivity contribution is 5.74. The van der Waals surface area contributed by atoms with Gasteiger partial charge >= 0.3 is 0 Å². The van der Waals surface area contributed by atoms with E-state index in [2.05, 4.69) is 24.2 Å². The van der Waals surface area contributed by atoms with Crippen LogP contribution < -0.4 is 11.3 Å². The number of rotatable bonds is 6. The molecule has 1 aliphatic heterocycles. The van der Waals surface area contributed by atoms with Crippen molar-refractivity contribution in [2.45, 2.75) is 52.4 Å². The molecule has 0 aromatic heterocycles. The topological polar surface area (TPSA) is 58.4 Å². The molecule has 0 radical (unpaired) electrons. The summed E-state index contributed by atoms with van der Waals surface area (Å²) in [6.45, 7) is 8.36. The van der Waals surface area contributed by atoms with Crippen molar-refractivity contribution in [3.63, 3.8) is 0 Å². The predicted octanol–water partition coefficient (Wildman–Crippen LogP) is 1.66. The molecule has 4 nitrogen and oxygen atoms in total. The molecule has 1 fully saturated rings. The number of hydrogen-bond donors (Lipinski definition) is 2. The minimum Gasteiger partial charge on any atom is -0.303 e. The van der Waals surface area contributed by atoms with Crippen LogP contribution in [0.4, 0.5) is 0 Å². The van der Waals surface area contributed by atoms with Crippen LogP contribution in [-0.4, -0.2) is 30.4 Å². The maximum absolute atomic E-state index is 10.9. The van der Waals surface area contributed by atoms with E-state index in [0.29, 0.717) is 11.8 Å². The molecule has 0 bridgehead atoms. The second-order valence-corrected chi connectivity index (χ2v) is 5.88. The zero-order chi connectivity index (χ0) is 12.7. The third-order valence-corrected chi connectivity index (χ3v) is 3.75. The number of carbonyl (C=O) groups is 1. The van der Waals surface area contributed by atoms with Crippen LogP contribution in [0.2, 0.25) is 0 Å². The predicted molar refractivity (Wildman–Crippen MR) is 70.3 cm³/mol. The van der Waals surface area contributed by atoms with E-state index < -0.39 is 0 Å². The lowest BCUT2D eigenvalue weighted by Gasteiger charge is -2.36. The van der Waals surface area contributed by atoms with Crippen molar-refractivity contribution in [3.8, 4) is 0 Å². The quantitative estimate of drug-likeness (QED) is 0.322. The summed E-state index contributed by atoms with van der Waals surface area (Å²) in [7, 11) is 0. The maximum atomic E-state index is 10.9. The van der Waals surface area contributed by atoms with Crippen LogP contribution in [0.25, 0.3) is 0 Å². The summed E-state index contributed by atoms with van der Waals surface area (Å²) in [5, 5.41) is 0. The lowest BCUT2D eigenvalue weighted by molar-refractivity contribution is -0.121. The summed E-state index contributed by atoms with van der Waals surface area (Å²) < 4.78 is 0. The van der Waals surface area contributed by atoms with Crippen LogP contribution in [-0.2, 0) is 4.79 Å². The van der Waals surface area contributed by atoms with Crippen molar-refractivity contribution in [2.24, 2.45) is 11.3 Å². The van der Waals surface area contributed by atoms with E-state index in [-0.39, 0.29) is 5.91 Å². The highest BCUT2D eigenvalue weighted by atomic mass is 16.2. The molecule has 1 rings (SSSR count). The Bertz CT molecular complexity index is 231. The van der Waals surface area contributed by atoms with Gasteiger partial charge in [0.15, 0.2) is 0 Å². The fraction of sp³-hybridized carbons (Fsp3) is 0.923. The van der Waals surface area contributed by atoms with Crippen LogP contribution in [0.15, 0.2) is 0 Å². The lowest BCUT2D eigenvalue weighted by Crippen LogP contribution is -2.37. The molecular formula is C13H27N3O. The van der Waals surface area contributed by atoms with Gasteiger partial charge in [0.25, 0.3) is 0 Å². The molecule has 1 heterocycles. The monoisotopic (exact) mass is 241 g/mol. The summed E-state index contributed by atoms with van der Waals surface area (Å²) in [5.74, 6) is 4.97.